The van der Waals surface area contributed by atoms with Crippen molar-refractivity contribution in [1.29, 1.82) is 0 Å². The molecule has 5 rings (SSSR count). The molecule has 0 bridgehead atoms. The van der Waals surface area contributed by atoms with Crippen molar-refractivity contribution < 1.29 is 28.5 Å². The minimum Gasteiger partial charge on any atom is -0.496 e. The van der Waals surface area contributed by atoms with E-state index in [0.717, 1.165) is 49.9 Å². The monoisotopic (exact) mass is 584 g/mol. The Balaban J connectivity index is 1.87. The largest absolute Gasteiger partial charge is 0.496 e. The van der Waals surface area contributed by atoms with Crippen molar-refractivity contribution in [2.45, 2.75) is 30.8 Å². The second-order valence-corrected chi connectivity index (χ2v) is 10.3. The van der Waals surface area contributed by atoms with E-state index in [1.54, 1.807) is 14.2 Å². The minimum absolute atomic E-state index is 0.206. The van der Waals surface area contributed by atoms with E-state index in [2.05, 4.69) is 9.97 Å². The third-order valence-corrected chi connectivity index (χ3v) is 7.88. The summed E-state index contributed by atoms with van der Waals surface area (Å²) in [5.74, 6) is -0.400. The lowest BCUT2D eigenvalue weighted by Gasteiger charge is -2.25. The Hall–Kier alpha value is -4.80. The second-order valence-electron chi connectivity index (χ2n) is 10.3. The molecule has 0 aliphatic carbocycles. The van der Waals surface area contributed by atoms with Crippen LogP contribution in [-0.2, 0) is 31.9 Å². The first-order valence-electron chi connectivity index (χ1n) is 13.9. The predicted molar refractivity (Wildman–Crippen MR) is 164 cm³/mol. The first kappa shape index (κ1) is 29.7. The molecule has 10 nitrogen and oxygen atoms in total. The summed E-state index contributed by atoms with van der Waals surface area (Å²) in [7, 11) is 5.85. The molecule has 0 amide bonds. The van der Waals surface area contributed by atoms with Crippen LogP contribution in [0.4, 0.5) is 0 Å². The Morgan fingerprint density at radius 2 is 1.07 bits per heavy atom. The molecule has 0 radical (unpaired) electrons. The maximum Gasteiger partial charge on any atom is 0.322 e. The summed E-state index contributed by atoms with van der Waals surface area (Å²) in [5, 5.41) is 1.83. The fraction of sp³-hybridized carbons (Fsp3) is 0.273. The molecular weight excluding hydrogens is 548 g/mol. The lowest BCUT2D eigenvalue weighted by atomic mass is 9.84. The number of carbonyl (C=O) groups is 2. The first-order valence-corrected chi connectivity index (χ1v) is 13.9. The maximum atomic E-state index is 12.5. The third kappa shape index (κ3) is 5.54. The van der Waals surface area contributed by atoms with Gasteiger partial charge in [-0.25, -0.2) is 0 Å². The Morgan fingerprint density at radius 1 is 0.651 bits per heavy atom. The highest BCUT2D eigenvalue weighted by Gasteiger charge is 2.34. The molecule has 0 spiro atoms. The molecule has 0 saturated carbocycles. The van der Waals surface area contributed by atoms with Crippen molar-refractivity contribution in [3.63, 3.8) is 0 Å². The maximum absolute atomic E-state index is 12.5. The number of hydrogen-bond donors (Lipinski definition) is 4. The highest BCUT2D eigenvalue weighted by Crippen LogP contribution is 2.46. The fourth-order valence-corrected chi connectivity index (χ4v) is 5.88. The predicted octanol–water partition coefficient (Wildman–Crippen LogP) is 3.93. The van der Waals surface area contributed by atoms with Crippen molar-refractivity contribution in [3.8, 4) is 11.5 Å². The summed E-state index contributed by atoms with van der Waals surface area (Å²) < 4.78 is 21.8. The molecule has 2 atom stereocenters. The third-order valence-electron chi connectivity index (χ3n) is 7.88. The van der Waals surface area contributed by atoms with Crippen molar-refractivity contribution in [3.05, 3.63) is 94.8 Å². The number of aromatic amines is 2. The topological polar surface area (TPSA) is 155 Å². The molecule has 224 valence electrons. The van der Waals surface area contributed by atoms with Gasteiger partial charge in [0, 0.05) is 46.0 Å². The lowest BCUT2D eigenvalue weighted by molar-refractivity contribution is -0.142. The Morgan fingerprint density at radius 3 is 1.47 bits per heavy atom. The molecule has 6 N–H and O–H groups in total. The van der Waals surface area contributed by atoms with Crippen LogP contribution in [0.2, 0.25) is 0 Å². The van der Waals surface area contributed by atoms with E-state index in [9.17, 15) is 9.59 Å². The van der Waals surface area contributed by atoms with Crippen LogP contribution < -0.4 is 20.9 Å². The molecule has 10 heteroatoms. The number of fused-ring (bicyclic) bond motifs is 2. The van der Waals surface area contributed by atoms with Gasteiger partial charge in [-0.2, -0.15) is 0 Å². The number of ether oxygens (including phenoxy) is 4. The second kappa shape index (κ2) is 12.6. The van der Waals surface area contributed by atoms with Gasteiger partial charge in [0.1, 0.15) is 23.6 Å². The number of aromatic nitrogens is 2. The molecule has 0 aliphatic rings. The Labute approximate surface area is 249 Å². The number of methoxy groups -OCH3 is 4. The van der Waals surface area contributed by atoms with Gasteiger partial charge in [0.05, 0.1) is 39.9 Å². The molecule has 43 heavy (non-hydrogen) atoms. The van der Waals surface area contributed by atoms with Crippen LogP contribution in [0.15, 0.2) is 66.7 Å². The van der Waals surface area contributed by atoms with Gasteiger partial charge in [0.25, 0.3) is 0 Å². The number of hydrogen-bond acceptors (Lipinski definition) is 8. The molecule has 3 aromatic carbocycles. The zero-order valence-electron chi connectivity index (χ0n) is 24.6. The SMILES string of the molecule is COC(=O)C(N)Cc1c(C(c2[nH]c3ccccc3c2CC(N)C(=O)OC)c2c(OC)cccc2OC)[nH]c2ccccc12. The van der Waals surface area contributed by atoms with E-state index in [1.165, 1.54) is 14.2 Å². The summed E-state index contributed by atoms with van der Waals surface area (Å²) in [6, 6.07) is 19.5. The molecule has 5 aromatic rings. The van der Waals surface area contributed by atoms with E-state index in [4.69, 9.17) is 30.4 Å². The van der Waals surface area contributed by atoms with Crippen LogP contribution >= 0.6 is 0 Å². The van der Waals surface area contributed by atoms with Gasteiger partial charge >= 0.3 is 11.9 Å². The van der Waals surface area contributed by atoms with Gasteiger partial charge in [-0.05, 0) is 35.4 Å². The molecule has 0 saturated heterocycles. The average molecular weight is 585 g/mol. The number of carbonyl (C=O) groups excluding carboxylic acids is 2. The van der Waals surface area contributed by atoms with E-state index in [1.807, 2.05) is 66.7 Å². The number of para-hydroxylation sites is 2. The Bertz CT molecular complexity index is 1650. The molecule has 2 heterocycles. The zero-order valence-corrected chi connectivity index (χ0v) is 24.6. The van der Waals surface area contributed by atoms with Crippen LogP contribution in [0, 0.1) is 0 Å². The molecule has 2 aromatic heterocycles. The van der Waals surface area contributed by atoms with Crippen molar-refractivity contribution >= 4 is 33.7 Å². The number of H-pyrrole nitrogens is 2. The summed E-state index contributed by atoms with van der Waals surface area (Å²) in [4.78, 5) is 32.3. The average Bonchev–Trinajstić information content (AvgIpc) is 3.58. The van der Waals surface area contributed by atoms with Crippen LogP contribution in [0.25, 0.3) is 21.8 Å². The highest BCUT2D eigenvalue weighted by molar-refractivity contribution is 5.89. The van der Waals surface area contributed by atoms with Crippen LogP contribution in [0.1, 0.15) is 34.0 Å². The van der Waals surface area contributed by atoms with Crippen LogP contribution in [0.3, 0.4) is 0 Å². The number of rotatable bonds is 11. The standard InChI is InChI=1S/C33H36N4O6/c1-40-26-14-9-15-27(41-2)28(26)29(30-20(16-22(34)32(38)42-3)18-10-5-7-12-24(18)36-30)31-21(17-23(35)33(39)43-4)19-11-6-8-13-25(19)37-31/h5-15,22-23,29,36-37H,16-17,34-35H2,1-4H3. The van der Waals surface area contributed by atoms with Gasteiger partial charge in [-0.15, -0.1) is 0 Å². The summed E-state index contributed by atoms with van der Waals surface area (Å²) in [6.07, 6.45) is 0.411. The number of benzene rings is 3. The van der Waals surface area contributed by atoms with Crippen molar-refractivity contribution in [2.24, 2.45) is 11.5 Å². The first-order chi connectivity index (χ1) is 20.8. The fourth-order valence-electron chi connectivity index (χ4n) is 5.88. The van der Waals surface area contributed by atoms with Crippen molar-refractivity contribution in [1.82, 2.24) is 9.97 Å². The van der Waals surface area contributed by atoms with Gasteiger partial charge in [0.15, 0.2) is 0 Å². The normalized spacial score (nSPS) is 13.4. The van der Waals surface area contributed by atoms with E-state index >= 15 is 0 Å². The highest BCUT2D eigenvalue weighted by atomic mass is 16.5. The smallest absolute Gasteiger partial charge is 0.322 e. The van der Waals surface area contributed by atoms with E-state index in [0.29, 0.717) is 11.5 Å². The van der Waals surface area contributed by atoms with Crippen LogP contribution in [0.5, 0.6) is 11.5 Å². The van der Waals surface area contributed by atoms with Crippen LogP contribution in [-0.4, -0.2) is 62.4 Å². The minimum atomic E-state index is -0.905. The molecule has 2 unspecified atom stereocenters. The quantitative estimate of drug-likeness (QED) is 0.170. The Kier molecular flexibility index (Phi) is 8.70. The van der Waals surface area contributed by atoms with Gasteiger partial charge < -0.3 is 40.4 Å². The molecule has 0 aliphatic heterocycles. The van der Waals surface area contributed by atoms with Gasteiger partial charge in [0.2, 0.25) is 0 Å². The number of nitrogens with two attached hydrogens (primary N) is 2. The number of esters is 2. The molecular formula is C33H36N4O6. The van der Waals surface area contributed by atoms with Gasteiger partial charge in [-0.1, -0.05) is 42.5 Å². The summed E-state index contributed by atoms with van der Waals surface area (Å²) in [5.41, 5.74) is 18.4. The summed E-state index contributed by atoms with van der Waals surface area (Å²) >= 11 is 0. The zero-order chi connectivity index (χ0) is 30.7. The number of nitrogens with one attached hydrogen (secondary N) is 2. The van der Waals surface area contributed by atoms with Gasteiger partial charge in [-0.3, -0.25) is 9.59 Å². The van der Waals surface area contributed by atoms with Crippen molar-refractivity contribution in [2.75, 3.05) is 28.4 Å². The lowest BCUT2D eigenvalue weighted by Crippen LogP contribution is -2.34. The van der Waals surface area contributed by atoms with E-state index in [-0.39, 0.29) is 12.8 Å². The summed E-state index contributed by atoms with van der Waals surface area (Å²) in [6.45, 7) is 0. The van der Waals surface area contributed by atoms with E-state index < -0.39 is 29.9 Å². The molecule has 0 fully saturated rings.